The minimum Gasteiger partial charge on any atom is -0.147 e. The number of allylic oxidation sites excluding steroid dienone is 2. The number of alkyl halides is 6. The van der Waals surface area contributed by atoms with E-state index in [0.717, 1.165) is 57.6 Å². The van der Waals surface area contributed by atoms with Crippen molar-refractivity contribution in [2.45, 2.75) is 42.7 Å². The minimum absolute atomic E-state index is 0. The Morgan fingerprint density at radius 3 is 1.17 bits per heavy atom. The summed E-state index contributed by atoms with van der Waals surface area (Å²) in [6.45, 7) is 6.52. The van der Waals surface area contributed by atoms with Crippen molar-refractivity contribution in [3.8, 4) is 22.3 Å². The molecule has 0 saturated carbocycles. The number of hydrogen-bond acceptors (Lipinski definition) is 0. The molecule has 0 saturated heterocycles. The van der Waals surface area contributed by atoms with Crippen LogP contribution in [0.1, 0.15) is 54.5 Å². The largest absolute Gasteiger partial charge is 0.147 e. The normalized spacial score (nSPS) is 17.7. The van der Waals surface area contributed by atoms with Crippen molar-refractivity contribution in [2.75, 3.05) is 0 Å². The van der Waals surface area contributed by atoms with E-state index in [0.29, 0.717) is 0 Å². The summed E-state index contributed by atoms with van der Waals surface area (Å²) in [4.78, 5) is 0. The van der Waals surface area contributed by atoms with Crippen LogP contribution in [0.4, 0.5) is 26.3 Å². The molecule has 2 unspecified atom stereocenters. The van der Waals surface area contributed by atoms with Gasteiger partial charge in [0.05, 0.1) is 0 Å². The molecule has 0 N–H and O–H groups in total. The van der Waals surface area contributed by atoms with Gasteiger partial charge in [-0.3, -0.25) is 0 Å². The molecule has 2 aliphatic rings. The van der Waals surface area contributed by atoms with E-state index in [1.54, 1.807) is 24.3 Å². The number of rotatable bonds is 4. The van der Waals surface area contributed by atoms with Crippen molar-refractivity contribution in [3.63, 3.8) is 0 Å². The molecule has 2 atom stereocenters. The number of fused-ring (bicyclic) bond motifs is 2. The summed E-state index contributed by atoms with van der Waals surface area (Å²) in [5, 5.41) is 0. The molecule has 6 rings (SSSR count). The SMILES string of the molecule is CC1=Cc2c(-c3ccc(C(F)(F)F)cc3)cccc2[CH]1[Zr]([CH3])([CH3])(=[SiH2])[CH]1C(C)=Cc2c(-c3ccc(C(F)(F)F)cc3)cccc21.Cl.Cl. The molecule has 4 aromatic rings. The number of halogens is 8. The maximum Gasteiger partial charge on any atom is -0.147 e. The second-order valence-electron chi connectivity index (χ2n) is 13.3. The van der Waals surface area contributed by atoms with Crippen molar-refractivity contribution >= 4 is 43.8 Å². The zero-order valence-electron chi connectivity index (χ0n) is 25.7. The van der Waals surface area contributed by atoms with Crippen LogP contribution in [-0.2, 0) is 29.8 Å². The summed E-state index contributed by atoms with van der Waals surface area (Å²) in [7, 11) is 0. The Labute approximate surface area is 280 Å². The maximum atomic E-state index is 13.2. The van der Waals surface area contributed by atoms with Gasteiger partial charge >= 0.3 is 257 Å². The van der Waals surface area contributed by atoms with Crippen LogP contribution in [0, 0.1) is 0 Å². The summed E-state index contributed by atoms with van der Waals surface area (Å²) in [6.07, 6.45) is -4.34. The van der Waals surface area contributed by atoms with Gasteiger partial charge in [-0.25, -0.2) is 0 Å². The average molecular weight is 771 g/mol. The zero-order valence-corrected chi connectivity index (χ0v) is 31.2. The molecular formula is C36H34Cl2F6SiZr. The fraction of sp³-hybridized carbons (Fsp3) is 0.222. The third kappa shape index (κ3) is 6.16. The van der Waals surface area contributed by atoms with E-state index in [2.05, 4.69) is 54.3 Å². The van der Waals surface area contributed by atoms with Crippen LogP contribution in [0.25, 0.3) is 34.4 Å². The molecule has 0 nitrogen and oxygen atoms in total. The van der Waals surface area contributed by atoms with Gasteiger partial charge in [0.2, 0.25) is 0 Å². The predicted octanol–water partition coefficient (Wildman–Crippen LogP) is 11.9. The van der Waals surface area contributed by atoms with Gasteiger partial charge in [-0.1, -0.05) is 0 Å². The quantitative estimate of drug-likeness (QED) is 0.143. The van der Waals surface area contributed by atoms with Gasteiger partial charge in [-0.2, -0.15) is 0 Å². The van der Waals surface area contributed by atoms with Crippen molar-refractivity contribution in [1.29, 1.82) is 0 Å². The Bertz CT molecular complexity index is 1800. The molecule has 0 heterocycles. The first-order valence-electron chi connectivity index (χ1n) is 14.5. The molecule has 0 radical (unpaired) electrons. The molecular weight excluding hydrogens is 737 g/mol. The molecule has 0 fully saturated rings. The van der Waals surface area contributed by atoms with E-state index < -0.39 is 40.9 Å². The van der Waals surface area contributed by atoms with Crippen LogP contribution in [0.15, 0.2) is 96.1 Å². The van der Waals surface area contributed by atoms with E-state index >= 15 is 0 Å². The zero-order chi connectivity index (χ0) is 31.8. The summed E-state index contributed by atoms with van der Waals surface area (Å²) in [6, 6.07) is 23.1. The molecule has 10 heteroatoms. The summed E-state index contributed by atoms with van der Waals surface area (Å²) >= 11 is -3.87. The summed E-state index contributed by atoms with van der Waals surface area (Å²) in [5.41, 5.74) is 9.17. The van der Waals surface area contributed by atoms with Crippen molar-refractivity contribution < 1.29 is 43.7 Å². The predicted molar refractivity (Wildman–Crippen MR) is 181 cm³/mol. The summed E-state index contributed by atoms with van der Waals surface area (Å²) < 4.78 is 84.8. The van der Waals surface area contributed by atoms with Gasteiger partial charge in [0, 0.05) is 0 Å². The molecule has 46 heavy (non-hydrogen) atoms. The molecule has 0 aromatic heterocycles. The Balaban J connectivity index is 0.00000240. The fourth-order valence-electron chi connectivity index (χ4n) is 7.97. The van der Waals surface area contributed by atoms with Gasteiger partial charge in [0.15, 0.2) is 0 Å². The first-order chi connectivity index (χ1) is 20.5. The molecule has 0 bridgehead atoms. The smallest absolute Gasteiger partial charge is 0.147 e. The second kappa shape index (κ2) is 12.3. The third-order valence-corrected chi connectivity index (χ3v) is 27.4. The molecule has 242 valence electrons. The van der Waals surface area contributed by atoms with E-state index in [9.17, 15) is 26.3 Å². The van der Waals surface area contributed by atoms with Crippen molar-refractivity contribution in [1.82, 2.24) is 0 Å². The van der Waals surface area contributed by atoms with Crippen LogP contribution < -0.4 is 0 Å². The Morgan fingerprint density at radius 2 is 0.870 bits per heavy atom. The first-order valence-corrected chi connectivity index (χ1v) is 28.2. The summed E-state index contributed by atoms with van der Waals surface area (Å²) in [5.74, 6) is 0. The minimum atomic E-state index is -4.39. The van der Waals surface area contributed by atoms with Gasteiger partial charge in [-0.15, -0.1) is 24.8 Å². The molecule has 4 aromatic carbocycles. The van der Waals surface area contributed by atoms with E-state index in [1.165, 1.54) is 22.3 Å². The standard InChI is InChI=1S/2C17H12F3.2CH3.2ClH.H2Si.Zr/c2*1-11-9-13-3-2-4-15(16(13)10-11)12-5-7-14(8-6-12)17(18,19)20;;;;;;/h2*2-10H,1H3;2*1H3;2*1H;1H2;. The van der Waals surface area contributed by atoms with Crippen LogP contribution in [-0.4, -0.2) is 6.88 Å². The number of hydrogen-bond donors (Lipinski definition) is 0. The Kier molecular flexibility index (Phi) is 9.71. The fourth-order valence-corrected chi connectivity index (χ4v) is 29.2. The van der Waals surface area contributed by atoms with Crippen LogP contribution in [0.5, 0.6) is 0 Å². The van der Waals surface area contributed by atoms with Gasteiger partial charge < -0.3 is 0 Å². The Hall–Kier alpha value is -2.38. The monoisotopic (exact) mass is 768 g/mol. The van der Waals surface area contributed by atoms with Gasteiger partial charge in [0.1, 0.15) is 0 Å². The van der Waals surface area contributed by atoms with Crippen molar-refractivity contribution in [3.05, 3.63) is 129 Å². The van der Waals surface area contributed by atoms with Gasteiger partial charge in [-0.05, 0) is 0 Å². The van der Waals surface area contributed by atoms with E-state index in [1.807, 2.05) is 24.3 Å². The van der Waals surface area contributed by atoms with Gasteiger partial charge in [0.25, 0.3) is 0 Å². The van der Waals surface area contributed by atoms with Crippen LogP contribution in [0.3, 0.4) is 0 Å². The van der Waals surface area contributed by atoms with E-state index in [-0.39, 0.29) is 32.1 Å². The first kappa shape index (κ1) is 36.5. The van der Waals surface area contributed by atoms with Crippen LogP contribution in [0.2, 0.25) is 9.26 Å². The maximum absolute atomic E-state index is 13.2. The molecule has 0 amide bonds. The van der Waals surface area contributed by atoms with Crippen molar-refractivity contribution in [2.24, 2.45) is 0 Å². The van der Waals surface area contributed by atoms with Crippen LogP contribution >= 0.6 is 24.8 Å². The molecule has 2 aliphatic carbocycles. The van der Waals surface area contributed by atoms with E-state index in [4.69, 9.17) is 0 Å². The topological polar surface area (TPSA) is 0 Å². The average Bonchev–Trinajstić information content (AvgIpc) is 3.48. The third-order valence-electron chi connectivity index (χ3n) is 9.50. The number of benzene rings is 4. The molecule has 0 aliphatic heterocycles. The molecule has 0 spiro atoms. The second-order valence-corrected chi connectivity index (χ2v) is 43.8. The Morgan fingerprint density at radius 1 is 0.543 bits per heavy atom.